The van der Waals surface area contributed by atoms with E-state index in [4.69, 9.17) is 21.1 Å². The number of hydrogen-bond donors (Lipinski definition) is 1. The first-order valence-corrected chi connectivity index (χ1v) is 10.5. The molecule has 0 atom stereocenters. The zero-order valence-corrected chi connectivity index (χ0v) is 18.5. The van der Waals surface area contributed by atoms with Gasteiger partial charge in [0.15, 0.2) is 0 Å². The average molecular weight is 434 g/mol. The quantitative estimate of drug-likeness (QED) is 0.563. The second-order valence-corrected chi connectivity index (χ2v) is 8.19. The molecule has 0 saturated carbocycles. The Hall–Kier alpha value is -2.43. The number of carbonyl (C=O) groups is 1. The Kier molecular flexibility index (Phi) is 8.62. The minimum atomic E-state index is -0.186. The molecule has 1 heterocycles. The van der Waals surface area contributed by atoms with E-state index >= 15 is 0 Å². The van der Waals surface area contributed by atoms with Crippen LogP contribution in [0, 0.1) is 17.2 Å². The van der Waals surface area contributed by atoms with Gasteiger partial charge in [-0.2, -0.15) is 5.26 Å². The van der Waals surface area contributed by atoms with Gasteiger partial charge in [-0.05, 0) is 30.5 Å². The Morgan fingerprint density at radius 1 is 1.28 bits per heavy atom. The third-order valence-corrected chi connectivity index (χ3v) is 5.26. The number of hydrogen-bond acceptors (Lipinski definition) is 6. The lowest BCUT2D eigenvalue weighted by atomic mass is 10.1. The van der Waals surface area contributed by atoms with Gasteiger partial charge in [0.05, 0.1) is 30.5 Å². The van der Waals surface area contributed by atoms with E-state index in [9.17, 15) is 10.1 Å². The monoisotopic (exact) mass is 433 g/mol. The second-order valence-electron chi connectivity index (χ2n) is 6.70. The van der Waals surface area contributed by atoms with E-state index < -0.39 is 0 Å². The number of rotatable bonds is 9. The fourth-order valence-electron chi connectivity index (χ4n) is 2.62. The molecule has 0 aliphatic carbocycles. The number of nitrogens with one attached hydrogen (secondary N) is 1. The van der Waals surface area contributed by atoms with E-state index in [0.717, 1.165) is 12.1 Å². The fourth-order valence-corrected chi connectivity index (χ4v) is 3.79. The maximum absolute atomic E-state index is 12.4. The normalized spacial score (nSPS) is 10.5. The standard InChI is InChI=1S/C21H24ClN3O3S/c1-13(2)9-15-6-5-14(12-23)21(24-15)29-8-7-20(26)25-17-10-16(22)18(27-3)11-19(17)28-4/h5-6,10-11,13H,7-9H2,1-4H3,(H,25,26). The Morgan fingerprint density at radius 2 is 2.00 bits per heavy atom. The van der Waals surface area contributed by atoms with Crippen molar-refractivity contribution in [2.24, 2.45) is 5.92 Å². The molecule has 1 N–H and O–H groups in total. The summed E-state index contributed by atoms with van der Waals surface area (Å²) in [5, 5.41) is 13.1. The SMILES string of the molecule is COc1cc(OC)c(NC(=O)CCSc2nc(CC(C)C)ccc2C#N)cc1Cl. The molecule has 0 bridgehead atoms. The number of methoxy groups -OCH3 is 2. The number of thioether (sulfide) groups is 1. The maximum Gasteiger partial charge on any atom is 0.225 e. The molecule has 0 saturated heterocycles. The van der Waals surface area contributed by atoms with Crippen LogP contribution >= 0.6 is 23.4 Å². The van der Waals surface area contributed by atoms with Crippen molar-refractivity contribution in [3.8, 4) is 17.6 Å². The van der Waals surface area contributed by atoms with Crippen LogP contribution in [0.25, 0.3) is 0 Å². The number of aromatic nitrogens is 1. The number of carbonyl (C=O) groups excluding carboxylic acids is 1. The molecule has 2 aromatic rings. The highest BCUT2D eigenvalue weighted by Crippen LogP contribution is 2.36. The summed E-state index contributed by atoms with van der Waals surface area (Å²) < 4.78 is 10.4. The third kappa shape index (κ3) is 6.55. The highest BCUT2D eigenvalue weighted by atomic mass is 35.5. The molecule has 6 nitrogen and oxygen atoms in total. The summed E-state index contributed by atoms with van der Waals surface area (Å²) in [6.45, 7) is 4.24. The fraction of sp³-hybridized carbons (Fsp3) is 0.381. The van der Waals surface area contributed by atoms with Crippen LogP contribution in [-0.4, -0.2) is 30.9 Å². The Balaban J connectivity index is 2.00. The van der Waals surface area contributed by atoms with Crippen LogP contribution in [0.4, 0.5) is 5.69 Å². The predicted molar refractivity (Wildman–Crippen MR) is 116 cm³/mol. The largest absolute Gasteiger partial charge is 0.495 e. The topological polar surface area (TPSA) is 84.2 Å². The van der Waals surface area contributed by atoms with Crippen molar-refractivity contribution in [3.63, 3.8) is 0 Å². The van der Waals surface area contributed by atoms with Crippen molar-refractivity contribution in [1.29, 1.82) is 5.26 Å². The van der Waals surface area contributed by atoms with Crippen LogP contribution < -0.4 is 14.8 Å². The highest BCUT2D eigenvalue weighted by Gasteiger charge is 2.14. The molecular formula is C21H24ClN3O3S. The molecule has 0 fully saturated rings. The number of benzene rings is 1. The molecular weight excluding hydrogens is 410 g/mol. The molecule has 0 aliphatic rings. The molecule has 154 valence electrons. The Morgan fingerprint density at radius 3 is 2.62 bits per heavy atom. The van der Waals surface area contributed by atoms with Crippen LogP contribution in [-0.2, 0) is 11.2 Å². The van der Waals surface area contributed by atoms with Crippen LogP contribution in [0.15, 0.2) is 29.3 Å². The van der Waals surface area contributed by atoms with E-state index in [0.29, 0.717) is 44.5 Å². The van der Waals surface area contributed by atoms with E-state index in [-0.39, 0.29) is 12.3 Å². The van der Waals surface area contributed by atoms with E-state index in [2.05, 4.69) is 30.2 Å². The van der Waals surface area contributed by atoms with Crippen molar-refractivity contribution >= 4 is 35.0 Å². The molecule has 0 aliphatic heterocycles. The summed E-state index contributed by atoms with van der Waals surface area (Å²) in [4.78, 5) is 16.9. The van der Waals surface area contributed by atoms with Crippen molar-refractivity contribution in [1.82, 2.24) is 4.98 Å². The molecule has 1 aromatic carbocycles. The summed E-state index contributed by atoms with van der Waals surface area (Å²) >= 11 is 7.53. The van der Waals surface area contributed by atoms with Gasteiger partial charge in [-0.25, -0.2) is 4.98 Å². The van der Waals surface area contributed by atoms with Gasteiger partial charge < -0.3 is 14.8 Å². The number of ether oxygens (including phenoxy) is 2. The molecule has 8 heteroatoms. The van der Waals surface area contributed by atoms with Gasteiger partial charge in [-0.1, -0.05) is 25.4 Å². The average Bonchev–Trinajstić information content (AvgIpc) is 2.68. The Labute approximate surface area is 180 Å². The Bertz CT molecular complexity index is 913. The predicted octanol–water partition coefficient (Wildman–Crippen LogP) is 4.94. The summed E-state index contributed by atoms with van der Waals surface area (Å²) in [6, 6.07) is 9.05. The van der Waals surface area contributed by atoms with Crippen LogP contribution in [0.3, 0.4) is 0 Å². The van der Waals surface area contributed by atoms with E-state index in [1.54, 1.807) is 18.2 Å². The molecule has 1 aromatic heterocycles. The summed E-state index contributed by atoms with van der Waals surface area (Å²) in [7, 11) is 3.02. The van der Waals surface area contributed by atoms with Crippen molar-refractivity contribution < 1.29 is 14.3 Å². The van der Waals surface area contributed by atoms with Gasteiger partial charge in [0.1, 0.15) is 22.6 Å². The number of nitriles is 1. The molecule has 1 amide bonds. The first-order valence-electron chi connectivity index (χ1n) is 9.12. The van der Waals surface area contributed by atoms with Crippen molar-refractivity contribution in [2.75, 3.05) is 25.3 Å². The number of halogens is 1. The number of pyridine rings is 1. The van der Waals surface area contributed by atoms with Crippen LogP contribution in [0.5, 0.6) is 11.5 Å². The van der Waals surface area contributed by atoms with Crippen LogP contribution in [0.1, 0.15) is 31.5 Å². The first-order chi connectivity index (χ1) is 13.9. The van der Waals surface area contributed by atoms with Crippen molar-refractivity contribution in [2.45, 2.75) is 31.7 Å². The third-order valence-electron chi connectivity index (χ3n) is 3.97. The van der Waals surface area contributed by atoms with E-state index in [1.165, 1.54) is 26.0 Å². The van der Waals surface area contributed by atoms with Crippen LogP contribution in [0.2, 0.25) is 5.02 Å². The van der Waals surface area contributed by atoms with Gasteiger partial charge in [0, 0.05) is 23.9 Å². The van der Waals surface area contributed by atoms with Gasteiger partial charge in [-0.15, -0.1) is 11.8 Å². The smallest absolute Gasteiger partial charge is 0.225 e. The van der Waals surface area contributed by atoms with Gasteiger partial charge in [0.2, 0.25) is 5.91 Å². The molecule has 0 spiro atoms. The molecule has 0 radical (unpaired) electrons. The zero-order valence-electron chi connectivity index (χ0n) is 16.9. The van der Waals surface area contributed by atoms with Gasteiger partial charge in [0.25, 0.3) is 0 Å². The highest BCUT2D eigenvalue weighted by molar-refractivity contribution is 7.99. The number of amides is 1. The summed E-state index contributed by atoms with van der Waals surface area (Å²) in [6.07, 6.45) is 1.09. The lowest BCUT2D eigenvalue weighted by Gasteiger charge is -2.13. The molecule has 29 heavy (non-hydrogen) atoms. The van der Waals surface area contributed by atoms with Gasteiger partial charge >= 0.3 is 0 Å². The maximum atomic E-state index is 12.4. The molecule has 0 unspecified atom stereocenters. The first kappa shape index (κ1) is 22.9. The number of anilines is 1. The molecule has 2 rings (SSSR count). The van der Waals surface area contributed by atoms with Gasteiger partial charge in [-0.3, -0.25) is 4.79 Å². The minimum absolute atomic E-state index is 0.186. The lowest BCUT2D eigenvalue weighted by molar-refractivity contribution is -0.115. The zero-order chi connectivity index (χ0) is 21.4. The summed E-state index contributed by atoms with van der Waals surface area (Å²) in [5.41, 5.74) is 1.94. The second kappa shape index (κ2) is 10.9. The van der Waals surface area contributed by atoms with E-state index in [1.807, 2.05) is 6.07 Å². The minimum Gasteiger partial charge on any atom is -0.495 e. The lowest BCUT2D eigenvalue weighted by Crippen LogP contribution is -2.13. The van der Waals surface area contributed by atoms with Crippen molar-refractivity contribution in [3.05, 3.63) is 40.5 Å². The number of nitrogens with zero attached hydrogens (tertiary/aromatic N) is 2. The summed E-state index contributed by atoms with van der Waals surface area (Å²) in [5.74, 6) is 1.71.